The van der Waals surface area contributed by atoms with Crippen LogP contribution in [0, 0.1) is 5.95 Å². The van der Waals surface area contributed by atoms with Gasteiger partial charge < -0.3 is 4.90 Å². The molecular formula is C10H14FN3S. The summed E-state index contributed by atoms with van der Waals surface area (Å²) in [5, 5.41) is 0.944. The van der Waals surface area contributed by atoms with E-state index in [9.17, 15) is 4.39 Å². The van der Waals surface area contributed by atoms with E-state index in [1.54, 1.807) is 31.1 Å². The zero-order chi connectivity index (χ0) is 11.3. The van der Waals surface area contributed by atoms with E-state index < -0.39 is 5.95 Å². The van der Waals surface area contributed by atoms with Gasteiger partial charge in [0.25, 0.3) is 0 Å². The Bertz CT molecular complexity index is 337. The van der Waals surface area contributed by atoms with E-state index in [0.29, 0.717) is 6.54 Å². The Labute approximate surface area is 93.4 Å². The third-order valence-electron chi connectivity index (χ3n) is 1.91. The predicted molar refractivity (Wildman–Crippen MR) is 62.5 cm³/mol. The van der Waals surface area contributed by atoms with Crippen LogP contribution < -0.4 is 0 Å². The molecular weight excluding hydrogens is 213 g/mol. The summed E-state index contributed by atoms with van der Waals surface area (Å²) in [6.07, 6.45) is 3.52. The van der Waals surface area contributed by atoms with Crippen LogP contribution in [0.15, 0.2) is 23.3 Å². The first kappa shape index (κ1) is 12.0. The number of hydrogen-bond acceptors (Lipinski definition) is 3. The van der Waals surface area contributed by atoms with Crippen molar-refractivity contribution in [3.8, 4) is 0 Å². The third-order valence-corrected chi connectivity index (χ3v) is 2.77. The molecule has 0 saturated carbocycles. The van der Waals surface area contributed by atoms with Crippen LogP contribution in [0.3, 0.4) is 0 Å². The lowest BCUT2D eigenvalue weighted by molar-refractivity contribution is 0.505. The van der Waals surface area contributed by atoms with Crippen LogP contribution in [0.25, 0.3) is 0 Å². The van der Waals surface area contributed by atoms with Crippen molar-refractivity contribution in [2.24, 2.45) is 4.99 Å². The van der Waals surface area contributed by atoms with Crippen molar-refractivity contribution >= 4 is 16.9 Å². The summed E-state index contributed by atoms with van der Waals surface area (Å²) >= 11 is 1.58. The molecule has 0 saturated heterocycles. The molecule has 1 aromatic rings. The van der Waals surface area contributed by atoms with Crippen molar-refractivity contribution < 1.29 is 4.39 Å². The largest absolute Gasteiger partial charge is 0.350 e. The van der Waals surface area contributed by atoms with Gasteiger partial charge in [-0.15, -0.1) is 0 Å². The fourth-order valence-corrected chi connectivity index (χ4v) is 1.82. The minimum atomic E-state index is -0.448. The van der Waals surface area contributed by atoms with Crippen LogP contribution in [0.5, 0.6) is 0 Å². The summed E-state index contributed by atoms with van der Waals surface area (Å²) < 4.78 is 12.6. The van der Waals surface area contributed by atoms with Crippen LogP contribution in [-0.4, -0.2) is 35.4 Å². The van der Waals surface area contributed by atoms with E-state index in [4.69, 9.17) is 0 Å². The van der Waals surface area contributed by atoms with Crippen LogP contribution in [0.1, 0.15) is 5.56 Å². The zero-order valence-electron chi connectivity index (χ0n) is 9.07. The van der Waals surface area contributed by atoms with Crippen molar-refractivity contribution in [2.75, 3.05) is 20.4 Å². The lowest BCUT2D eigenvalue weighted by atomic mass is 10.3. The number of pyridine rings is 1. The number of rotatable bonds is 2. The molecule has 0 aliphatic carbocycles. The van der Waals surface area contributed by atoms with Crippen molar-refractivity contribution in [3.63, 3.8) is 0 Å². The minimum Gasteiger partial charge on any atom is -0.350 e. The van der Waals surface area contributed by atoms with Crippen molar-refractivity contribution in [1.29, 1.82) is 0 Å². The van der Waals surface area contributed by atoms with Gasteiger partial charge in [-0.1, -0.05) is 17.8 Å². The maximum absolute atomic E-state index is 12.6. The molecule has 0 spiro atoms. The first-order chi connectivity index (χ1) is 7.17. The number of thioether (sulfide) groups is 1. The number of amidine groups is 1. The predicted octanol–water partition coefficient (Wildman–Crippen LogP) is 2.00. The van der Waals surface area contributed by atoms with Gasteiger partial charge in [0.1, 0.15) is 0 Å². The highest BCUT2D eigenvalue weighted by Gasteiger charge is 2.05. The molecule has 0 aliphatic heterocycles. The van der Waals surface area contributed by atoms with E-state index in [2.05, 4.69) is 9.98 Å². The van der Waals surface area contributed by atoms with Crippen molar-refractivity contribution in [2.45, 2.75) is 6.54 Å². The lowest BCUT2D eigenvalue weighted by Crippen LogP contribution is -2.23. The van der Waals surface area contributed by atoms with Gasteiger partial charge >= 0.3 is 0 Å². The smallest absolute Gasteiger partial charge is 0.212 e. The Kier molecular flexibility index (Phi) is 4.55. The Hall–Kier alpha value is -1.10. The van der Waals surface area contributed by atoms with Gasteiger partial charge in [-0.25, -0.2) is 4.98 Å². The molecule has 0 fully saturated rings. The van der Waals surface area contributed by atoms with E-state index in [1.807, 2.05) is 18.2 Å². The molecule has 5 heteroatoms. The van der Waals surface area contributed by atoms with Crippen molar-refractivity contribution in [1.82, 2.24) is 9.88 Å². The van der Waals surface area contributed by atoms with Gasteiger partial charge in [0, 0.05) is 26.8 Å². The van der Waals surface area contributed by atoms with Gasteiger partial charge in [0.2, 0.25) is 5.95 Å². The van der Waals surface area contributed by atoms with Gasteiger partial charge in [-0.05, 0) is 17.9 Å². The maximum Gasteiger partial charge on any atom is 0.212 e. The molecule has 82 valence electrons. The molecule has 0 radical (unpaired) electrons. The Morgan fingerprint density at radius 2 is 2.33 bits per heavy atom. The molecule has 0 bridgehead atoms. The molecule has 3 nitrogen and oxygen atoms in total. The number of aromatic nitrogens is 1. The molecule has 0 aliphatic rings. The second-order valence-corrected chi connectivity index (χ2v) is 3.83. The van der Waals surface area contributed by atoms with Crippen molar-refractivity contribution in [3.05, 3.63) is 29.8 Å². The van der Waals surface area contributed by atoms with Crippen LogP contribution in [0.2, 0.25) is 0 Å². The Morgan fingerprint density at radius 3 is 2.80 bits per heavy atom. The summed E-state index contributed by atoms with van der Waals surface area (Å²) in [5.41, 5.74) is 0.967. The molecule has 15 heavy (non-hydrogen) atoms. The number of aliphatic imine (C=N–C) groups is 1. The van der Waals surface area contributed by atoms with Crippen LogP contribution in [0.4, 0.5) is 4.39 Å². The summed E-state index contributed by atoms with van der Waals surface area (Å²) in [4.78, 5) is 9.73. The zero-order valence-corrected chi connectivity index (χ0v) is 9.88. The van der Waals surface area contributed by atoms with Gasteiger partial charge in [0.15, 0.2) is 5.17 Å². The maximum atomic E-state index is 12.6. The highest BCUT2D eigenvalue weighted by Crippen LogP contribution is 2.08. The first-order valence-corrected chi connectivity index (χ1v) is 5.72. The molecule has 0 atom stereocenters. The monoisotopic (exact) mass is 227 g/mol. The minimum absolute atomic E-state index is 0.448. The normalized spacial score (nSPS) is 11.6. The van der Waals surface area contributed by atoms with Gasteiger partial charge in [-0.2, -0.15) is 4.39 Å². The third kappa shape index (κ3) is 3.51. The standard InChI is InChI=1S/C10H14FN3S/c1-12-10(15-3)14(2)7-8-4-5-9(11)13-6-8/h4-6H,7H2,1-3H3. The highest BCUT2D eigenvalue weighted by molar-refractivity contribution is 8.13. The van der Waals surface area contributed by atoms with E-state index in [0.717, 1.165) is 10.7 Å². The summed E-state index contributed by atoms with van der Waals surface area (Å²) in [6.45, 7) is 0.681. The molecule has 0 unspecified atom stereocenters. The number of halogens is 1. The SMILES string of the molecule is CN=C(SC)N(C)Cc1ccc(F)nc1. The first-order valence-electron chi connectivity index (χ1n) is 4.49. The molecule has 1 heterocycles. The van der Waals surface area contributed by atoms with Crippen LogP contribution in [-0.2, 0) is 6.54 Å². The summed E-state index contributed by atoms with van der Waals surface area (Å²) in [5.74, 6) is -0.448. The molecule has 1 aromatic heterocycles. The average molecular weight is 227 g/mol. The average Bonchev–Trinajstić information content (AvgIpc) is 2.23. The topological polar surface area (TPSA) is 28.5 Å². The second-order valence-electron chi connectivity index (χ2n) is 3.06. The van der Waals surface area contributed by atoms with E-state index in [-0.39, 0.29) is 0 Å². The quantitative estimate of drug-likeness (QED) is 0.439. The number of hydrogen-bond donors (Lipinski definition) is 0. The molecule has 0 amide bonds. The fraction of sp³-hybridized carbons (Fsp3) is 0.400. The highest BCUT2D eigenvalue weighted by atomic mass is 32.2. The summed E-state index contributed by atoms with van der Waals surface area (Å²) in [6, 6.07) is 3.09. The summed E-state index contributed by atoms with van der Waals surface area (Å²) in [7, 11) is 3.70. The van der Waals surface area contributed by atoms with E-state index >= 15 is 0 Å². The second kappa shape index (κ2) is 5.70. The molecule has 1 rings (SSSR count). The number of nitrogens with zero attached hydrogens (tertiary/aromatic N) is 3. The Balaban J connectivity index is 2.65. The Morgan fingerprint density at radius 1 is 1.60 bits per heavy atom. The van der Waals surface area contributed by atoms with Gasteiger partial charge in [0.05, 0.1) is 0 Å². The lowest BCUT2D eigenvalue weighted by Gasteiger charge is -2.18. The van der Waals surface area contributed by atoms with E-state index in [1.165, 1.54) is 6.07 Å². The van der Waals surface area contributed by atoms with Gasteiger partial charge in [-0.3, -0.25) is 4.99 Å². The van der Waals surface area contributed by atoms with Crippen LogP contribution >= 0.6 is 11.8 Å². The molecule has 0 aromatic carbocycles. The molecule has 0 N–H and O–H groups in total. The fourth-order valence-electron chi connectivity index (χ4n) is 1.26.